The van der Waals surface area contributed by atoms with E-state index < -0.39 is 6.67 Å². The number of rotatable bonds is 6. The Morgan fingerprint density at radius 2 is 1.34 bits per heavy atom. The van der Waals surface area contributed by atoms with Gasteiger partial charge in [0, 0.05) is 28.2 Å². The van der Waals surface area contributed by atoms with Crippen molar-refractivity contribution in [3.05, 3.63) is 104 Å². The zero-order valence-electron chi connectivity index (χ0n) is 18.7. The van der Waals surface area contributed by atoms with Crippen LogP contribution < -0.4 is 11.0 Å². The Hall–Kier alpha value is -3.68. The first-order valence-corrected chi connectivity index (χ1v) is 11.6. The average Bonchev–Trinajstić information content (AvgIpc) is 3.19. The average molecular weight is 508 g/mol. The van der Waals surface area contributed by atoms with Crippen LogP contribution in [0.1, 0.15) is 11.1 Å². The molecule has 5 aromatic rings. The maximum Gasteiger partial charge on any atom is 0.367 e. The molecule has 0 aliphatic rings. The number of benzene rings is 3. The maximum atomic E-state index is 13.3. The van der Waals surface area contributed by atoms with E-state index in [9.17, 15) is 9.18 Å². The zero-order chi connectivity index (χ0) is 24.5. The molecular weight excluding hydrogens is 488 g/mol. The van der Waals surface area contributed by atoms with Gasteiger partial charge >= 0.3 is 5.69 Å². The Kier molecular flexibility index (Phi) is 6.28. The predicted octanol–water partition coefficient (Wildman–Crippen LogP) is 6.09. The lowest BCUT2D eigenvalue weighted by atomic mass is 9.96. The topological polar surface area (TPSA) is 64.2 Å². The summed E-state index contributed by atoms with van der Waals surface area (Å²) in [6, 6.07) is 21.7. The lowest BCUT2D eigenvalue weighted by molar-refractivity contribution is 0.485. The van der Waals surface area contributed by atoms with Crippen LogP contribution in [-0.2, 0) is 13.2 Å². The van der Waals surface area contributed by atoms with Crippen molar-refractivity contribution in [2.75, 3.05) is 12.4 Å². The second kappa shape index (κ2) is 9.52. The molecule has 0 saturated carbocycles. The highest BCUT2D eigenvalue weighted by Gasteiger charge is 2.22. The molecule has 3 aromatic carbocycles. The lowest BCUT2D eigenvalue weighted by Crippen LogP contribution is -2.23. The van der Waals surface area contributed by atoms with E-state index in [2.05, 4.69) is 15.5 Å². The molecule has 0 amide bonds. The fourth-order valence-corrected chi connectivity index (χ4v) is 4.25. The molecule has 1 N–H and O–H groups in total. The molecule has 0 bridgehead atoms. The summed E-state index contributed by atoms with van der Waals surface area (Å²) in [6.45, 7) is -0.316. The second-order valence-electron chi connectivity index (χ2n) is 7.99. The second-order valence-corrected chi connectivity index (χ2v) is 8.86. The van der Waals surface area contributed by atoms with Crippen LogP contribution in [0.2, 0.25) is 10.0 Å². The Labute approximate surface area is 210 Å². The first-order valence-electron chi connectivity index (χ1n) is 10.9. The highest BCUT2D eigenvalue weighted by atomic mass is 35.5. The molecule has 2 aromatic heterocycles. The number of hydrogen-bond acceptors (Lipinski definition) is 4. The van der Waals surface area contributed by atoms with Gasteiger partial charge in [-0.05, 0) is 46.5 Å². The minimum Gasteiger partial charge on any atom is -0.371 e. The van der Waals surface area contributed by atoms with Gasteiger partial charge < -0.3 is 5.32 Å². The van der Waals surface area contributed by atoms with E-state index in [0.29, 0.717) is 27.1 Å². The molecule has 176 valence electrons. The molecule has 0 radical (unpaired) electrons. The van der Waals surface area contributed by atoms with Crippen molar-refractivity contribution in [3.8, 4) is 22.3 Å². The van der Waals surface area contributed by atoms with E-state index in [0.717, 1.165) is 27.8 Å². The number of anilines is 1. The lowest BCUT2D eigenvalue weighted by Gasteiger charge is -2.15. The molecular formula is C26H20Cl2FN5O. The van der Waals surface area contributed by atoms with Gasteiger partial charge in [0.25, 0.3) is 0 Å². The van der Waals surface area contributed by atoms with Crippen molar-refractivity contribution in [3.63, 3.8) is 0 Å². The molecule has 35 heavy (non-hydrogen) atoms. The van der Waals surface area contributed by atoms with Crippen LogP contribution in [0.5, 0.6) is 0 Å². The van der Waals surface area contributed by atoms with E-state index in [4.69, 9.17) is 23.2 Å². The van der Waals surface area contributed by atoms with Gasteiger partial charge in [0.2, 0.25) is 0 Å². The predicted molar refractivity (Wildman–Crippen MR) is 138 cm³/mol. The Balaban J connectivity index is 1.77. The Morgan fingerprint density at radius 3 is 1.89 bits per heavy atom. The van der Waals surface area contributed by atoms with Crippen molar-refractivity contribution >= 4 is 34.7 Å². The molecule has 0 unspecified atom stereocenters. The molecule has 6 nitrogen and oxygen atoms in total. The van der Waals surface area contributed by atoms with Crippen LogP contribution >= 0.6 is 23.2 Å². The quantitative estimate of drug-likeness (QED) is 0.302. The molecule has 9 heteroatoms. The number of nitrogens with zero attached hydrogens (tertiary/aromatic N) is 4. The molecule has 0 aliphatic heterocycles. The van der Waals surface area contributed by atoms with Gasteiger partial charge in [-0.2, -0.15) is 4.52 Å². The summed E-state index contributed by atoms with van der Waals surface area (Å²) in [5.74, 6) is 0.513. The van der Waals surface area contributed by atoms with Crippen molar-refractivity contribution < 1.29 is 4.39 Å². The van der Waals surface area contributed by atoms with E-state index in [-0.39, 0.29) is 12.2 Å². The van der Waals surface area contributed by atoms with E-state index in [1.54, 1.807) is 55.6 Å². The van der Waals surface area contributed by atoms with Gasteiger partial charge in [-0.15, -0.1) is 10.2 Å². The van der Waals surface area contributed by atoms with Gasteiger partial charge in [-0.25, -0.2) is 13.9 Å². The van der Waals surface area contributed by atoms with Crippen molar-refractivity contribution in [1.82, 2.24) is 19.4 Å². The Morgan fingerprint density at radius 1 is 0.800 bits per heavy atom. The number of hydrogen-bond donors (Lipinski definition) is 1. The molecule has 0 atom stereocenters. The summed E-state index contributed by atoms with van der Waals surface area (Å²) in [7, 11) is 1.75. The molecule has 5 rings (SSSR count). The van der Waals surface area contributed by atoms with Crippen LogP contribution in [0.4, 0.5) is 10.2 Å². The minimum absolute atomic E-state index is 0.222. The van der Waals surface area contributed by atoms with Gasteiger partial charge in [0.05, 0.1) is 6.54 Å². The molecule has 0 spiro atoms. The maximum absolute atomic E-state index is 13.3. The van der Waals surface area contributed by atoms with Crippen LogP contribution in [0.3, 0.4) is 0 Å². The summed E-state index contributed by atoms with van der Waals surface area (Å²) in [5.41, 5.74) is 4.62. The highest BCUT2D eigenvalue weighted by Crippen LogP contribution is 2.39. The smallest absolute Gasteiger partial charge is 0.367 e. The monoisotopic (exact) mass is 507 g/mol. The summed E-state index contributed by atoms with van der Waals surface area (Å²) in [4.78, 5) is 13.3. The van der Waals surface area contributed by atoms with Crippen molar-refractivity contribution in [1.29, 1.82) is 0 Å². The molecule has 2 heterocycles. The number of fused-ring (bicyclic) bond motifs is 1. The normalized spacial score (nSPS) is 11.2. The summed E-state index contributed by atoms with van der Waals surface area (Å²) in [6.07, 6.45) is 0. The van der Waals surface area contributed by atoms with Gasteiger partial charge in [-0.1, -0.05) is 71.7 Å². The van der Waals surface area contributed by atoms with E-state index >= 15 is 0 Å². The first-order chi connectivity index (χ1) is 17.0. The summed E-state index contributed by atoms with van der Waals surface area (Å²) >= 11 is 12.3. The standard InChI is InChI=1S/C26H20Cl2FN5O/c1-30-24-22(18-6-10-20(27)11-7-18)23(19-8-12-21(28)13-9-19)25-32-33(26(35)34(25)31-24)15-17-4-2-16(14-29)3-5-17/h2-13H,14-15H2,1H3,(H,30,31). The van der Waals surface area contributed by atoms with Crippen LogP contribution in [0.15, 0.2) is 77.6 Å². The highest BCUT2D eigenvalue weighted by molar-refractivity contribution is 6.31. The fourth-order valence-electron chi connectivity index (χ4n) is 4.00. The van der Waals surface area contributed by atoms with Crippen molar-refractivity contribution in [2.24, 2.45) is 0 Å². The molecule has 0 saturated heterocycles. The number of halogens is 3. The Bertz CT molecular complexity index is 1560. The third kappa shape index (κ3) is 4.40. The van der Waals surface area contributed by atoms with Gasteiger partial charge in [0.1, 0.15) is 6.67 Å². The first kappa shape index (κ1) is 23.1. The van der Waals surface area contributed by atoms with Gasteiger partial charge in [0.15, 0.2) is 11.5 Å². The van der Waals surface area contributed by atoms with Crippen LogP contribution in [0, 0.1) is 0 Å². The summed E-state index contributed by atoms with van der Waals surface area (Å²) < 4.78 is 15.5. The number of aromatic nitrogens is 4. The fraction of sp³-hybridized carbons (Fsp3) is 0.115. The van der Waals surface area contributed by atoms with E-state index in [1.807, 2.05) is 24.3 Å². The van der Waals surface area contributed by atoms with E-state index in [1.165, 1.54) is 9.20 Å². The zero-order valence-corrected chi connectivity index (χ0v) is 20.2. The summed E-state index contributed by atoms with van der Waals surface area (Å²) in [5, 5.41) is 13.6. The van der Waals surface area contributed by atoms with Crippen LogP contribution in [0.25, 0.3) is 27.9 Å². The number of alkyl halides is 1. The van der Waals surface area contributed by atoms with Gasteiger partial charge in [-0.3, -0.25) is 0 Å². The largest absolute Gasteiger partial charge is 0.371 e. The molecule has 0 aliphatic carbocycles. The minimum atomic E-state index is -0.538. The number of nitrogens with one attached hydrogen (secondary N) is 1. The third-order valence-electron chi connectivity index (χ3n) is 5.74. The van der Waals surface area contributed by atoms with Crippen LogP contribution in [-0.4, -0.2) is 26.4 Å². The molecule has 0 fully saturated rings. The third-order valence-corrected chi connectivity index (χ3v) is 6.24. The van der Waals surface area contributed by atoms with Crippen molar-refractivity contribution in [2.45, 2.75) is 13.2 Å². The SMILES string of the molecule is CNc1nn2c(=O)n(Cc3ccc(CF)cc3)nc2c(-c2ccc(Cl)cc2)c1-c1ccc(Cl)cc1.